The van der Waals surface area contributed by atoms with Crippen LogP contribution in [0.25, 0.3) is 0 Å². The quantitative estimate of drug-likeness (QED) is 0.869. The van der Waals surface area contributed by atoms with Crippen LogP contribution < -0.4 is 5.73 Å². The molecular formula is C15H21F2NO2S. The van der Waals surface area contributed by atoms with E-state index in [-0.39, 0.29) is 10.8 Å². The second-order valence-electron chi connectivity index (χ2n) is 5.74. The molecule has 2 rings (SSSR count). The summed E-state index contributed by atoms with van der Waals surface area (Å²) >= 11 is 0. The molecule has 3 unspecified atom stereocenters. The monoisotopic (exact) mass is 317 g/mol. The molecule has 0 amide bonds. The number of halogens is 2. The molecule has 2 N–H and O–H groups in total. The smallest absolute Gasteiger partial charge is 0.181 e. The standard InChI is InChI=1S/C15H21F2NO2S/c1-2-10-3-4-11(9-18)15(7-10)21(19,20)12-5-6-13(16)14(17)8-12/h5-6,8,10-11,15H,2-4,7,9,18H2,1H3. The lowest BCUT2D eigenvalue weighted by molar-refractivity contribution is 0.275. The zero-order valence-electron chi connectivity index (χ0n) is 12.1. The molecule has 118 valence electrons. The van der Waals surface area contributed by atoms with E-state index in [2.05, 4.69) is 0 Å². The van der Waals surface area contributed by atoms with Crippen molar-refractivity contribution in [2.24, 2.45) is 17.6 Å². The summed E-state index contributed by atoms with van der Waals surface area (Å²) in [5, 5.41) is -0.605. The molecule has 0 spiro atoms. The first-order chi connectivity index (χ1) is 9.90. The Balaban J connectivity index is 2.37. The second-order valence-corrected chi connectivity index (χ2v) is 7.91. The molecule has 1 aromatic rings. The zero-order chi connectivity index (χ0) is 15.6. The fraction of sp³-hybridized carbons (Fsp3) is 0.600. The molecule has 1 aromatic carbocycles. The molecule has 0 aliphatic heterocycles. The molecular weight excluding hydrogens is 296 g/mol. The minimum absolute atomic E-state index is 0.120. The summed E-state index contributed by atoms with van der Waals surface area (Å²) in [5.41, 5.74) is 5.71. The maximum atomic E-state index is 13.3. The third kappa shape index (κ3) is 3.26. The van der Waals surface area contributed by atoms with E-state index in [1.54, 1.807) is 0 Å². The van der Waals surface area contributed by atoms with E-state index in [9.17, 15) is 17.2 Å². The van der Waals surface area contributed by atoms with Crippen LogP contribution in [0.15, 0.2) is 23.1 Å². The van der Waals surface area contributed by atoms with Gasteiger partial charge in [0.25, 0.3) is 0 Å². The third-order valence-corrected chi connectivity index (χ3v) is 6.82. The molecule has 0 radical (unpaired) electrons. The van der Waals surface area contributed by atoms with Crippen molar-refractivity contribution in [1.82, 2.24) is 0 Å². The summed E-state index contributed by atoms with van der Waals surface area (Å²) in [5.74, 6) is -1.95. The van der Waals surface area contributed by atoms with E-state index in [1.165, 1.54) is 0 Å². The van der Waals surface area contributed by atoms with E-state index in [1.807, 2.05) is 6.92 Å². The molecule has 6 heteroatoms. The second kappa shape index (κ2) is 6.40. The van der Waals surface area contributed by atoms with E-state index >= 15 is 0 Å². The summed E-state index contributed by atoms with van der Waals surface area (Å²) in [6.07, 6.45) is 3.20. The highest BCUT2D eigenvalue weighted by Crippen LogP contribution is 2.37. The lowest BCUT2D eigenvalue weighted by Gasteiger charge is -2.34. The van der Waals surface area contributed by atoms with Gasteiger partial charge in [-0.05, 0) is 49.4 Å². The molecule has 1 fully saturated rings. The van der Waals surface area contributed by atoms with Crippen LogP contribution in [-0.2, 0) is 9.84 Å². The Hall–Kier alpha value is -1.01. The Bertz CT molecular complexity index is 604. The minimum Gasteiger partial charge on any atom is -0.330 e. The average Bonchev–Trinajstić information content (AvgIpc) is 2.49. The highest BCUT2D eigenvalue weighted by atomic mass is 32.2. The summed E-state index contributed by atoms with van der Waals surface area (Å²) in [7, 11) is -3.69. The lowest BCUT2D eigenvalue weighted by Crippen LogP contribution is -2.39. The maximum absolute atomic E-state index is 13.3. The highest BCUT2D eigenvalue weighted by molar-refractivity contribution is 7.92. The number of sulfone groups is 1. The van der Waals surface area contributed by atoms with Crippen molar-refractivity contribution in [3.05, 3.63) is 29.8 Å². The zero-order valence-corrected chi connectivity index (χ0v) is 12.9. The minimum atomic E-state index is -3.69. The first kappa shape index (κ1) is 16.4. The number of hydrogen-bond donors (Lipinski definition) is 1. The van der Waals surface area contributed by atoms with Crippen LogP contribution >= 0.6 is 0 Å². The summed E-state index contributed by atoms with van der Waals surface area (Å²) in [6.45, 7) is 2.33. The van der Waals surface area contributed by atoms with Crippen LogP contribution in [0.2, 0.25) is 0 Å². The van der Waals surface area contributed by atoms with Gasteiger partial charge >= 0.3 is 0 Å². The fourth-order valence-electron chi connectivity index (χ4n) is 3.12. The Kier molecular flexibility index (Phi) is 4.99. The number of nitrogens with two attached hydrogens (primary N) is 1. The fourth-order valence-corrected chi connectivity index (χ4v) is 5.28. The van der Waals surface area contributed by atoms with Crippen LogP contribution in [0.5, 0.6) is 0 Å². The van der Waals surface area contributed by atoms with Gasteiger partial charge in [-0.15, -0.1) is 0 Å². The van der Waals surface area contributed by atoms with Gasteiger partial charge in [0.15, 0.2) is 21.5 Å². The number of rotatable bonds is 4. The van der Waals surface area contributed by atoms with Crippen molar-refractivity contribution in [1.29, 1.82) is 0 Å². The van der Waals surface area contributed by atoms with Gasteiger partial charge in [0.05, 0.1) is 10.1 Å². The predicted octanol–water partition coefficient (Wildman–Crippen LogP) is 2.89. The van der Waals surface area contributed by atoms with Gasteiger partial charge in [-0.3, -0.25) is 0 Å². The largest absolute Gasteiger partial charge is 0.330 e. The van der Waals surface area contributed by atoms with Gasteiger partial charge in [0.1, 0.15) is 0 Å². The molecule has 21 heavy (non-hydrogen) atoms. The van der Waals surface area contributed by atoms with Crippen molar-refractivity contribution < 1.29 is 17.2 Å². The van der Waals surface area contributed by atoms with Crippen molar-refractivity contribution >= 4 is 9.84 Å². The van der Waals surface area contributed by atoms with Crippen molar-refractivity contribution in [2.45, 2.75) is 42.8 Å². The number of hydrogen-bond acceptors (Lipinski definition) is 3. The first-order valence-corrected chi connectivity index (χ1v) is 8.83. The van der Waals surface area contributed by atoms with Gasteiger partial charge in [0, 0.05) is 0 Å². The van der Waals surface area contributed by atoms with E-state index in [0.29, 0.717) is 18.9 Å². The summed E-state index contributed by atoms with van der Waals surface area (Å²) in [4.78, 5) is -0.151. The Morgan fingerprint density at radius 3 is 2.52 bits per heavy atom. The van der Waals surface area contributed by atoms with Gasteiger partial charge in [-0.2, -0.15) is 0 Å². The maximum Gasteiger partial charge on any atom is 0.181 e. The van der Waals surface area contributed by atoms with E-state index in [0.717, 1.165) is 37.5 Å². The SMILES string of the molecule is CCC1CCC(CN)C(S(=O)(=O)c2ccc(F)c(F)c2)C1. The predicted molar refractivity (Wildman–Crippen MR) is 77.5 cm³/mol. The Morgan fingerprint density at radius 1 is 1.24 bits per heavy atom. The van der Waals surface area contributed by atoms with E-state index < -0.39 is 26.7 Å². The van der Waals surface area contributed by atoms with Gasteiger partial charge in [0.2, 0.25) is 0 Å². The normalized spacial score (nSPS) is 26.8. The molecule has 0 aromatic heterocycles. The molecule has 0 heterocycles. The molecule has 1 saturated carbocycles. The average molecular weight is 317 g/mol. The molecule has 1 aliphatic carbocycles. The molecule has 0 bridgehead atoms. The van der Waals surface area contributed by atoms with Gasteiger partial charge in [-0.25, -0.2) is 17.2 Å². The Morgan fingerprint density at radius 2 is 1.95 bits per heavy atom. The number of benzene rings is 1. The van der Waals surface area contributed by atoms with Crippen LogP contribution in [0.4, 0.5) is 8.78 Å². The topological polar surface area (TPSA) is 60.2 Å². The lowest BCUT2D eigenvalue weighted by atomic mass is 9.80. The van der Waals surface area contributed by atoms with Crippen molar-refractivity contribution in [3.8, 4) is 0 Å². The molecule has 3 nitrogen and oxygen atoms in total. The van der Waals surface area contributed by atoms with Crippen LogP contribution in [0.3, 0.4) is 0 Å². The van der Waals surface area contributed by atoms with E-state index in [4.69, 9.17) is 5.73 Å². The molecule has 1 aliphatic rings. The van der Waals surface area contributed by atoms with Crippen LogP contribution in [-0.4, -0.2) is 20.2 Å². The highest BCUT2D eigenvalue weighted by Gasteiger charge is 2.38. The summed E-state index contributed by atoms with van der Waals surface area (Å²) < 4.78 is 51.8. The van der Waals surface area contributed by atoms with Crippen LogP contribution in [0.1, 0.15) is 32.6 Å². The molecule has 0 saturated heterocycles. The van der Waals surface area contributed by atoms with Crippen molar-refractivity contribution in [3.63, 3.8) is 0 Å². The molecule has 3 atom stereocenters. The third-order valence-electron chi connectivity index (χ3n) is 4.54. The van der Waals surface area contributed by atoms with Gasteiger partial charge in [-0.1, -0.05) is 19.8 Å². The Labute approximate surface area is 124 Å². The van der Waals surface area contributed by atoms with Crippen LogP contribution in [0, 0.1) is 23.5 Å². The van der Waals surface area contributed by atoms with Crippen molar-refractivity contribution in [2.75, 3.05) is 6.54 Å². The first-order valence-electron chi connectivity index (χ1n) is 7.29. The van der Waals surface area contributed by atoms with Gasteiger partial charge < -0.3 is 5.73 Å². The summed E-state index contributed by atoms with van der Waals surface area (Å²) in [6, 6.07) is 2.77.